The summed E-state index contributed by atoms with van der Waals surface area (Å²) in [5.74, 6) is -10.3. The van der Waals surface area contributed by atoms with Gasteiger partial charge in [-0.25, -0.2) is 22.0 Å². The summed E-state index contributed by atoms with van der Waals surface area (Å²) in [5, 5.41) is 4.32. The van der Waals surface area contributed by atoms with E-state index in [1.165, 1.54) is 0 Å². The van der Waals surface area contributed by atoms with Gasteiger partial charge in [-0.1, -0.05) is 6.07 Å². The van der Waals surface area contributed by atoms with Gasteiger partial charge in [0, 0.05) is 5.69 Å². The van der Waals surface area contributed by atoms with E-state index < -0.39 is 34.8 Å². The fraction of sp³-hybridized carbons (Fsp3) is 0.133. The van der Waals surface area contributed by atoms with E-state index >= 15 is 0 Å². The van der Waals surface area contributed by atoms with Crippen LogP contribution in [0.25, 0.3) is 0 Å². The first-order valence-electron chi connectivity index (χ1n) is 6.38. The van der Waals surface area contributed by atoms with Gasteiger partial charge >= 0.3 is 0 Å². The minimum Gasteiger partial charge on any atom is -0.332 e. The van der Waals surface area contributed by atoms with Crippen LogP contribution in [0.2, 0.25) is 0 Å². The lowest BCUT2D eigenvalue weighted by molar-refractivity contribution is 0.382. The Hall–Kier alpha value is -2.22. The molecule has 0 fully saturated rings. The second kappa shape index (κ2) is 6.49. The molecule has 8 heteroatoms. The highest BCUT2D eigenvalue weighted by Gasteiger charge is 2.26. The molecular formula is C15H11F5N2S. The molecule has 0 saturated carbocycles. The Morgan fingerprint density at radius 3 is 1.65 bits per heavy atom. The minimum absolute atomic E-state index is 0.307. The summed E-state index contributed by atoms with van der Waals surface area (Å²) < 4.78 is 66.3. The van der Waals surface area contributed by atoms with Crippen LogP contribution in [0.3, 0.4) is 0 Å². The van der Waals surface area contributed by atoms with Crippen molar-refractivity contribution in [1.29, 1.82) is 0 Å². The van der Waals surface area contributed by atoms with Crippen LogP contribution in [0.5, 0.6) is 0 Å². The molecular weight excluding hydrogens is 335 g/mol. The van der Waals surface area contributed by atoms with Gasteiger partial charge in [0.1, 0.15) is 5.69 Å². The summed E-state index contributed by atoms with van der Waals surface area (Å²) in [6, 6.07) is 5.31. The summed E-state index contributed by atoms with van der Waals surface area (Å²) in [7, 11) is 0. The molecule has 0 atom stereocenters. The van der Waals surface area contributed by atoms with Crippen LogP contribution in [0.4, 0.5) is 33.3 Å². The Morgan fingerprint density at radius 2 is 1.17 bits per heavy atom. The molecule has 2 N–H and O–H groups in total. The van der Waals surface area contributed by atoms with Crippen LogP contribution in [-0.2, 0) is 0 Å². The molecule has 0 bridgehead atoms. The van der Waals surface area contributed by atoms with Crippen molar-refractivity contribution in [3.63, 3.8) is 0 Å². The monoisotopic (exact) mass is 346 g/mol. The Labute approximate surface area is 134 Å². The van der Waals surface area contributed by atoms with Crippen LogP contribution in [0, 0.1) is 42.9 Å². The molecule has 0 amide bonds. The molecule has 122 valence electrons. The second-order valence-electron chi connectivity index (χ2n) is 4.90. The molecule has 2 nitrogen and oxygen atoms in total. The van der Waals surface area contributed by atoms with E-state index in [2.05, 4.69) is 5.32 Å². The zero-order valence-electron chi connectivity index (χ0n) is 12.0. The van der Waals surface area contributed by atoms with Crippen molar-refractivity contribution in [1.82, 2.24) is 0 Å². The number of halogens is 5. The highest BCUT2D eigenvalue weighted by molar-refractivity contribution is 7.80. The Bertz CT molecular complexity index is 743. The SMILES string of the molecule is Cc1cc(C)cc(NC(=S)Nc2c(F)c(F)c(F)c(F)c2F)c1. The summed E-state index contributed by atoms with van der Waals surface area (Å²) in [4.78, 5) is 0. The fourth-order valence-corrected chi connectivity index (χ4v) is 2.26. The lowest BCUT2D eigenvalue weighted by Crippen LogP contribution is -2.22. The number of hydrogen-bond donors (Lipinski definition) is 2. The van der Waals surface area contributed by atoms with Crippen molar-refractivity contribution in [3.05, 3.63) is 58.4 Å². The van der Waals surface area contributed by atoms with Gasteiger partial charge in [0.15, 0.2) is 28.4 Å². The van der Waals surface area contributed by atoms with Crippen molar-refractivity contribution in [2.45, 2.75) is 13.8 Å². The van der Waals surface area contributed by atoms with Crippen LogP contribution in [0.15, 0.2) is 18.2 Å². The maximum atomic E-state index is 13.6. The van der Waals surface area contributed by atoms with Crippen molar-refractivity contribution >= 4 is 28.7 Å². The summed E-state index contributed by atoms with van der Waals surface area (Å²) in [5.41, 5.74) is 1.13. The maximum absolute atomic E-state index is 13.6. The second-order valence-corrected chi connectivity index (χ2v) is 5.31. The number of hydrogen-bond acceptors (Lipinski definition) is 1. The van der Waals surface area contributed by atoms with E-state index in [1.807, 2.05) is 25.2 Å². The molecule has 0 aliphatic rings. The standard InChI is InChI=1S/C15H11F5N2S/c1-6-3-7(2)5-8(4-6)21-15(23)22-14-12(19)10(17)9(16)11(18)13(14)20/h3-5H,1-2H3,(H2,21,22,23). The normalized spacial score (nSPS) is 10.6. The number of thiocarbonyl (C=S) groups is 1. The third kappa shape index (κ3) is 3.58. The number of anilines is 2. The van der Waals surface area contributed by atoms with Gasteiger partial charge in [-0.05, 0) is 49.3 Å². The van der Waals surface area contributed by atoms with Gasteiger partial charge in [0.05, 0.1) is 0 Å². The smallest absolute Gasteiger partial charge is 0.200 e. The third-order valence-corrected chi connectivity index (χ3v) is 3.13. The van der Waals surface area contributed by atoms with Crippen LogP contribution in [0.1, 0.15) is 11.1 Å². The maximum Gasteiger partial charge on any atom is 0.200 e. The summed E-state index contributed by atoms with van der Waals surface area (Å²) in [6.07, 6.45) is 0. The molecule has 2 aromatic rings. The van der Waals surface area contributed by atoms with E-state index in [4.69, 9.17) is 12.2 Å². The van der Waals surface area contributed by atoms with E-state index in [1.54, 1.807) is 12.1 Å². The average Bonchev–Trinajstić information content (AvgIpc) is 2.46. The van der Waals surface area contributed by atoms with E-state index in [9.17, 15) is 22.0 Å². The zero-order chi connectivity index (χ0) is 17.3. The van der Waals surface area contributed by atoms with Gasteiger partial charge in [-0.15, -0.1) is 0 Å². The first-order chi connectivity index (χ1) is 10.7. The van der Waals surface area contributed by atoms with E-state index in [-0.39, 0.29) is 5.11 Å². The van der Waals surface area contributed by atoms with Gasteiger partial charge in [-0.3, -0.25) is 0 Å². The highest BCUT2D eigenvalue weighted by Crippen LogP contribution is 2.27. The van der Waals surface area contributed by atoms with Crippen molar-refractivity contribution in [2.75, 3.05) is 10.6 Å². The van der Waals surface area contributed by atoms with E-state index in [0.717, 1.165) is 11.1 Å². The zero-order valence-corrected chi connectivity index (χ0v) is 12.8. The molecule has 0 aliphatic heterocycles. The predicted octanol–water partition coefficient (Wildman–Crippen LogP) is 4.81. The first-order valence-corrected chi connectivity index (χ1v) is 6.79. The molecule has 0 spiro atoms. The molecule has 2 aromatic carbocycles. The number of benzene rings is 2. The molecule has 0 aliphatic carbocycles. The third-order valence-electron chi connectivity index (χ3n) is 2.93. The molecule has 0 saturated heterocycles. The molecule has 0 aromatic heterocycles. The average molecular weight is 346 g/mol. The predicted molar refractivity (Wildman–Crippen MR) is 82.0 cm³/mol. The van der Waals surface area contributed by atoms with Gasteiger partial charge in [0.25, 0.3) is 0 Å². The summed E-state index contributed by atoms with van der Waals surface area (Å²) in [6.45, 7) is 3.66. The van der Waals surface area contributed by atoms with Gasteiger partial charge in [-0.2, -0.15) is 0 Å². The minimum atomic E-state index is -2.22. The Morgan fingerprint density at radius 1 is 0.739 bits per heavy atom. The molecule has 2 rings (SSSR count). The first kappa shape index (κ1) is 17.1. The van der Waals surface area contributed by atoms with E-state index in [0.29, 0.717) is 5.69 Å². The van der Waals surface area contributed by atoms with Crippen LogP contribution in [-0.4, -0.2) is 5.11 Å². The number of nitrogens with one attached hydrogen (secondary N) is 2. The summed E-state index contributed by atoms with van der Waals surface area (Å²) >= 11 is 4.85. The Kier molecular flexibility index (Phi) is 4.84. The lowest BCUT2D eigenvalue weighted by atomic mass is 10.1. The number of rotatable bonds is 2. The number of aryl methyl sites for hydroxylation is 2. The highest BCUT2D eigenvalue weighted by atomic mass is 32.1. The van der Waals surface area contributed by atoms with Gasteiger partial charge in [0.2, 0.25) is 5.82 Å². The van der Waals surface area contributed by atoms with Crippen molar-refractivity contribution in [3.8, 4) is 0 Å². The quantitative estimate of drug-likeness (QED) is 0.353. The molecule has 0 unspecified atom stereocenters. The van der Waals surface area contributed by atoms with Crippen molar-refractivity contribution in [2.24, 2.45) is 0 Å². The van der Waals surface area contributed by atoms with Crippen LogP contribution >= 0.6 is 12.2 Å². The Balaban J connectivity index is 2.27. The van der Waals surface area contributed by atoms with Crippen LogP contribution < -0.4 is 10.6 Å². The largest absolute Gasteiger partial charge is 0.332 e. The molecule has 0 radical (unpaired) electrons. The topological polar surface area (TPSA) is 24.1 Å². The lowest BCUT2D eigenvalue weighted by Gasteiger charge is -2.14. The van der Waals surface area contributed by atoms with Gasteiger partial charge < -0.3 is 10.6 Å². The molecule has 0 heterocycles. The van der Waals surface area contributed by atoms with Crippen molar-refractivity contribution < 1.29 is 22.0 Å². The molecule has 23 heavy (non-hydrogen) atoms. The fourth-order valence-electron chi connectivity index (χ4n) is 2.04.